The van der Waals surface area contributed by atoms with Gasteiger partial charge in [0.25, 0.3) is 0 Å². The Labute approximate surface area is 164 Å². The molecule has 1 aliphatic heterocycles. The van der Waals surface area contributed by atoms with Crippen molar-refractivity contribution < 1.29 is 19.0 Å². The van der Waals surface area contributed by atoms with E-state index in [1.807, 2.05) is 36.4 Å². The Bertz CT molecular complexity index is 829. The molecule has 1 aliphatic rings. The maximum atomic E-state index is 12.5. The van der Waals surface area contributed by atoms with Gasteiger partial charge in [-0.1, -0.05) is 26.8 Å². The number of anilines is 1. The van der Waals surface area contributed by atoms with Crippen LogP contribution in [-0.2, 0) is 10.2 Å². The number of fused-ring (bicyclic) bond motifs is 1. The molecule has 5 nitrogen and oxygen atoms in total. The van der Waals surface area contributed by atoms with Gasteiger partial charge in [-0.2, -0.15) is 0 Å². The van der Waals surface area contributed by atoms with E-state index >= 15 is 0 Å². The van der Waals surface area contributed by atoms with E-state index in [4.69, 9.17) is 14.2 Å². The zero-order chi connectivity index (χ0) is 19.4. The number of carbonyl (C=O) groups excluding carboxylic acids is 1. The molecule has 1 heterocycles. The van der Waals surface area contributed by atoms with E-state index in [9.17, 15) is 4.79 Å². The van der Waals surface area contributed by atoms with Crippen molar-refractivity contribution in [2.75, 3.05) is 31.4 Å². The van der Waals surface area contributed by atoms with Crippen LogP contribution in [0.25, 0.3) is 0 Å². The Hall–Kier alpha value is -2.34. The molecule has 2 aromatic rings. The Balaban J connectivity index is 1.65. The molecule has 1 amide bonds. The number of rotatable bonds is 5. The van der Waals surface area contributed by atoms with Crippen molar-refractivity contribution in [1.29, 1.82) is 0 Å². The number of methoxy groups -OCH3 is 1. The number of hydrogen-bond acceptors (Lipinski definition) is 5. The van der Waals surface area contributed by atoms with E-state index in [2.05, 4.69) is 26.1 Å². The summed E-state index contributed by atoms with van der Waals surface area (Å²) in [5.41, 5.74) is 1.82. The van der Waals surface area contributed by atoms with Gasteiger partial charge in [-0.25, -0.2) is 0 Å². The van der Waals surface area contributed by atoms with E-state index in [1.54, 1.807) is 7.11 Å². The normalized spacial score (nSPS) is 13.2. The summed E-state index contributed by atoms with van der Waals surface area (Å²) in [6.45, 7) is 7.53. The number of amides is 1. The predicted octanol–water partition coefficient (Wildman–Crippen LogP) is 4.49. The van der Waals surface area contributed by atoms with Gasteiger partial charge in [0.2, 0.25) is 5.91 Å². The smallest absolute Gasteiger partial charge is 0.234 e. The van der Waals surface area contributed by atoms with Gasteiger partial charge < -0.3 is 19.5 Å². The Morgan fingerprint density at radius 2 is 1.85 bits per heavy atom. The molecular weight excluding hydrogens is 362 g/mol. The molecule has 0 aromatic heterocycles. The van der Waals surface area contributed by atoms with E-state index in [0.29, 0.717) is 30.4 Å². The average molecular weight is 388 g/mol. The zero-order valence-corrected chi connectivity index (χ0v) is 16.9. The van der Waals surface area contributed by atoms with Gasteiger partial charge in [-0.15, -0.1) is 11.8 Å². The van der Waals surface area contributed by atoms with Crippen LogP contribution in [0.4, 0.5) is 5.69 Å². The van der Waals surface area contributed by atoms with Crippen LogP contribution in [0.15, 0.2) is 41.3 Å². The molecule has 27 heavy (non-hydrogen) atoms. The molecule has 6 heteroatoms. The molecule has 0 bridgehead atoms. The third kappa shape index (κ3) is 4.89. The number of carbonyl (C=O) groups is 1. The Morgan fingerprint density at radius 1 is 1.11 bits per heavy atom. The van der Waals surface area contributed by atoms with Crippen molar-refractivity contribution in [3.05, 3.63) is 42.0 Å². The average Bonchev–Trinajstić information content (AvgIpc) is 2.65. The van der Waals surface area contributed by atoms with Crippen LogP contribution in [0, 0.1) is 0 Å². The molecule has 0 saturated heterocycles. The Kier molecular flexibility index (Phi) is 5.85. The molecule has 2 aromatic carbocycles. The SMILES string of the molecule is COc1ccc(C(C)(C)C)cc1NC(=O)CSc1ccc2c(c1)OCCO2. The minimum Gasteiger partial charge on any atom is -0.495 e. The van der Waals surface area contributed by atoms with Gasteiger partial charge in [0, 0.05) is 4.90 Å². The van der Waals surface area contributed by atoms with Crippen LogP contribution < -0.4 is 19.5 Å². The second kappa shape index (κ2) is 8.13. The lowest BCUT2D eigenvalue weighted by atomic mass is 9.87. The van der Waals surface area contributed by atoms with Crippen molar-refractivity contribution in [1.82, 2.24) is 0 Å². The number of hydrogen-bond donors (Lipinski definition) is 1. The summed E-state index contributed by atoms with van der Waals surface area (Å²) in [4.78, 5) is 13.4. The van der Waals surface area contributed by atoms with Crippen LogP contribution in [0.1, 0.15) is 26.3 Å². The summed E-state index contributed by atoms with van der Waals surface area (Å²) < 4.78 is 16.5. The van der Waals surface area contributed by atoms with Crippen LogP contribution in [0.3, 0.4) is 0 Å². The fourth-order valence-electron chi connectivity index (χ4n) is 2.72. The summed E-state index contributed by atoms with van der Waals surface area (Å²) in [5.74, 6) is 2.34. The molecule has 1 N–H and O–H groups in total. The van der Waals surface area contributed by atoms with Crippen molar-refractivity contribution in [2.45, 2.75) is 31.1 Å². The number of benzene rings is 2. The molecule has 3 rings (SSSR count). The molecule has 0 atom stereocenters. The van der Waals surface area contributed by atoms with E-state index in [-0.39, 0.29) is 11.3 Å². The lowest BCUT2D eigenvalue weighted by molar-refractivity contribution is -0.113. The fourth-order valence-corrected chi connectivity index (χ4v) is 3.45. The van der Waals surface area contributed by atoms with Crippen molar-refractivity contribution in [3.8, 4) is 17.2 Å². The molecule has 0 fully saturated rings. The fraction of sp³-hybridized carbons (Fsp3) is 0.381. The monoisotopic (exact) mass is 387 g/mol. The number of ether oxygens (including phenoxy) is 3. The summed E-state index contributed by atoms with van der Waals surface area (Å²) in [7, 11) is 1.60. The maximum absolute atomic E-state index is 12.5. The van der Waals surface area contributed by atoms with Gasteiger partial charge in [0.1, 0.15) is 19.0 Å². The molecule has 0 unspecified atom stereocenters. The highest BCUT2D eigenvalue weighted by Crippen LogP contribution is 2.35. The first-order valence-electron chi connectivity index (χ1n) is 8.87. The quantitative estimate of drug-likeness (QED) is 0.766. The summed E-state index contributed by atoms with van der Waals surface area (Å²) in [5, 5.41) is 2.97. The highest BCUT2D eigenvalue weighted by atomic mass is 32.2. The third-order valence-electron chi connectivity index (χ3n) is 4.22. The maximum Gasteiger partial charge on any atom is 0.234 e. The predicted molar refractivity (Wildman–Crippen MR) is 108 cm³/mol. The van der Waals surface area contributed by atoms with E-state index in [0.717, 1.165) is 22.0 Å². The van der Waals surface area contributed by atoms with E-state index < -0.39 is 0 Å². The van der Waals surface area contributed by atoms with Crippen LogP contribution in [0.2, 0.25) is 0 Å². The highest BCUT2D eigenvalue weighted by Gasteiger charge is 2.17. The summed E-state index contributed by atoms with van der Waals surface area (Å²) >= 11 is 1.46. The topological polar surface area (TPSA) is 56.8 Å². The van der Waals surface area contributed by atoms with Gasteiger partial charge in [-0.05, 0) is 41.3 Å². The molecule has 0 spiro atoms. The van der Waals surface area contributed by atoms with E-state index in [1.165, 1.54) is 11.8 Å². The minimum atomic E-state index is -0.0840. The van der Waals surface area contributed by atoms with Crippen LogP contribution >= 0.6 is 11.8 Å². The Morgan fingerprint density at radius 3 is 2.56 bits per heavy atom. The summed E-state index contributed by atoms with van der Waals surface area (Å²) in [6, 6.07) is 11.6. The van der Waals surface area contributed by atoms with Gasteiger partial charge in [0.15, 0.2) is 11.5 Å². The molecular formula is C21H25NO4S. The molecule has 0 saturated carbocycles. The standard InChI is InChI=1S/C21H25NO4S/c1-21(2,3)14-5-7-17(24-4)16(11-14)22-20(23)13-27-15-6-8-18-19(12-15)26-10-9-25-18/h5-8,11-12H,9-10,13H2,1-4H3,(H,22,23). The second-order valence-electron chi connectivity index (χ2n) is 7.31. The zero-order valence-electron chi connectivity index (χ0n) is 16.1. The molecule has 0 aliphatic carbocycles. The minimum absolute atomic E-state index is 0.00823. The highest BCUT2D eigenvalue weighted by molar-refractivity contribution is 8.00. The van der Waals surface area contributed by atoms with Gasteiger partial charge >= 0.3 is 0 Å². The summed E-state index contributed by atoms with van der Waals surface area (Å²) in [6.07, 6.45) is 0. The van der Waals surface area contributed by atoms with Crippen LogP contribution in [-0.4, -0.2) is 32.0 Å². The lowest BCUT2D eigenvalue weighted by Crippen LogP contribution is -2.17. The van der Waals surface area contributed by atoms with Crippen molar-refractivity contribution >= 4 is 23.4 Å². The number of thioether (sulfide) groups is 1. The van der Waals surface area contributed by atoms with Gasteiger partial charge in [0.05, 0.1) is 18.6 Å². The van der Waals surface area contributed by atoms with Gasteiger partial charge in [-0.3, -0.25) is 4.79 Å². The number of nitrogens with one attached hydrogen (secondary N) is 1. The van der Waals surface area contributed by atoms with Crippen LogP contribution in [0.5, 0.6) is 17.2 Å². The first-order valence-corrected chi connectivity index (χ1v) is 9.86. The lowest BCUT2D eigenvalue weighted by Gasteiger charge is -2.21. The first-order chi connectivity index (χ1) is 12.9. The molecule has 144 valence electrons. The van der Waals surface area contributed by atoms with Crippen molar-refractivity contribution in [2.24, 2.45) is 0 Å². The molecule has 0 radical (unpaired) electrons. The second-order valence-corrected chi connectivity index (χ2v) is 8.36. The third-order valence-corrected chi connectivity index (χ3v) is 5.22. The first kappa shape index (κ1) is 19.4. The largest absolute Gasteiger partial charge is 0.495 e. The van der Waals surface area contributed by atoms with Crippen molar-refractivity contribution in [3.63, 3.8) is 0 Å².